The van der Waals surface area contributed by atoms with Gasteiger partial charge in [0, 0.05) is 20.9 Å². The van der Waals surface area contributed by atoms with Crippen LogP contribution in [-0.2, 0) is 4.70 Å². The largest absolute Gasteiger partial charge is 0 e. The third kappa shape index (κ3) is 21.9. The van der Waals surface area contributed by atoms with Crippen molar-refractivity contribution < 1.29 is 4.70 Å². The Morgan fingerprint density at radius 3 is 1.25 bits per heavy atom. The summed E-state index contributed by atoms with van der Waals surface area (Å²) in [4.78, 5) is 0. The minimum Gasteiger partial charge on any atom is 0 e. The van der Waals surface area contributed by atoms with Gasteiger partial charge in [-0.3, -0.25) is 0 Å². The number of hydrogen-bond acceptors (Lipinski definition) is 1. The Labute approximate surface area is 34.2 Å². The molecule has 0 aliphatic carbocycles. The molecule has 0 atom stereocenters. The van der Waals surface area contributed by atoms with Crippen LogP contribution in [0.4, 0.5) is 0 Å². The van der Waals surface area contributed by atoms with Gasteiger partial charge in [0.25, 0.3) is 0 Å². The van der Waals surface area contributed by atoms with Crippen molar-refractivity contribution in [2.45, 2.75) is 0 Å². The van der Waals surface area contributed by atoms with E-state index in [1.54, 1.807) is 0 Å². The van der Waals surface area contributed by atoms with E-state index in [0.29, 0.717) is 0 Å². The second-order valence-corrected chi connectivity index (χ2v) is 0. The van der Waals surface area contributed by atoms with Gasteiger partial charge in [0.15, 0.2) is 0 Å². The first-order valence-electron chi connectivity index (χ1n) is 0.236. The molecule has 0 saturated carbocycles. The number of hydrogen-bond donors (Lipinski definition) is 0. The van der Waals surface area contributed by atoms with E-state index in [4.69, 9.17) is 4.70 Å². The van der Waals surface area contributed by atoms with E-state index < -0.39 is 0 Å². The van der Waals surface area contributed by atoms with Crippen molar-refractivity contribution in [1.82, 2.24) is 0 Å². The molecule has 0 bridgehead atoms. The second kappa shape index (κ2) is 84.6. The normalized spacial score (nSPS) is 0.750. The van der Waals surface area contributed by atoms with E-state index in [1.165, 1.54) is 0 Å². The Morgan fingerprint density at radius 1 is 1.25 bits per heavy atom. The van der Waals surface area contributed by atoms with Crippen LogP contribution in [0.5, 0.6) is 0 Å². The van der Waals surface area contributed by atoms with Crippen molar-refractivity contribution in [3.8, 4) is 0 Å². The molecule has 0 N–H and O–H groups in total. The zero-order valence-corrected chi connectivity index (χ0v) is 3.83. The molecule has 0 spiro atoms. The van der Waals surface area contributed by atoms with Gasteiger partial charge in [-0.1, -0.05) is 0 Å². The predicted octanol–water partition coefficient (Wildman–Crippen LogP) is -0.0192. The molecule has 0 rings (SSSR count). The Kier molecular flexibility index (Phi) is 515. The maximum Gasteiger partial charge on any atom is 0 e. The molecular formula is BOPSi. The van der Waals surface area contributed by atoms with Gasteiger partial charge >= 0.3 is 12.4 Å². The summed E-state index contributed by atoms with van der Waals surface area (Å²) in [5.41, 5.74) is 0. The maximum absolute atomic E-state index is 7.75. The Morgan fingerprint density at radius 2 is 1.25 bits per heavy atom. The van der Waals surface area contributed by atoms with E-state index in [-0.39, 0.29) is 20.9 Å². The fraction of sp³-hybridized carbons (Fsp3) is 0. The van der Waals surface area contributed by atoms with Crippen LogP contribution in [0.1, 0.15) is 0 Å². The third-order valence-electron chi connectivity index (χ3n) is 0. The van der Waals surface area contributed by atoms with Gasteiger partial charge in [-0.25, -0.2) is 0 Å². The molecule has 0 aliphatic rings. The topological polar surface area (TPSA) is 17.1 Å². The van der Waals surface area contributed by atoms with Gasteiger partial charge in [0.05, 0.1) is 0 Å². The van der Waals surface area contributed by atoms with Crippen molar-refractivity contribution in [2.24, 2.45) is 0 Å². The van der Waals surface area contributed by atoms with Gasteiger partial charge in [-0.05, 0) is 0 Å². The molecular weight excluding hydrogens is 85.9 g/mol. The number of rotatable bonds is 0. The Bertz CT molecular complexity index is 8.00. The molecule has 0 saturated heterocycles. The first-order chi connectivity index (χ1) is 1.00. The summed E-state index contributed by atoms with van der Waals surface area (Å²) >= 11 is 0. The molecule has 0 heterocycles. The van der Waals surface area contributed by atoms with E-state index >= 15 is 0 Å². The molecule has 0 aromatic rings. The fourth-order valence-electron chi connectivity index (χ4n) is 0. The van der Waals surface area contributed by atoms with Crippen molar-refractivity contribution in [2.75, 3.05) is 0 Å². The van der Waals surface area contributed by atoms with Crippen LogP contribution in [0.3, 0.4) is 0 Å². The molecule has 8 radical (unpaired) electrons. The summed E-state index contributed by atoms with van der Waals surface area (Å²) in [6.45, 7) is 0. The quantitative estimate of drug-likeness (QED) is 0.299. The first kappa shape index (κ1) is 24.3. The van der Waals surface area contributed by atoms with Crippen molar-refractivity contribution in [3.05, 3.63) is 0 Å². The SMILES string of the molecule is [B]=O.[P].[Si]. The molecule has 0 aromatic carbocycles. The average molecular weight is 85.9 g/mol. The molecule has 0 fully saturated rings. The summed E-state index contributed by atoms with van der Waals surface area (Å²) in [6, 6.07) is 0. The second-order valence-electron chi connectivity index (χ2n) is 0. The van der Waals surface area contributed by atoms with Gasteiger partial charge in [0.2, 0.25) is 0 Å². The minimum atomic E-state index is 0. The van der Waals surface area contributed by atoms with E-state index in [2.05, 4.69) is 7.72 Å². The van der Waals surface area contributed by atoms with Crippen LogP contribution >= 0.6 is 9.90 Å². The van der Waals surface area contributed by atoms with Crippen molar-refractivity contribution in [3.63, 3.8) is 0 Å². The zero-order chi connectivity index (χ0) is 2.00. The van der Waals surface area contributed by atoms with E-state index in [1.807, 2.05) is 0 Å². The van der Waals surface area contributed by atoms with Crippen LogP contribution in [0.15, 0.2) is 0 Å². The molecule has 0 unspecified atom stereocenters. The van der Waals surface area contributed by atoms with Crippen LogP contribution in [0.2, 0.25) is 0 Å². The van der Waals surface area contributed by atoms with Crippen molar-refractivity contribution >= 4 is 28.6 Å². The summed E-state index contributed by atoms with van der Waals surface area (Å²) in [7, 11) is 3.25. The van der Waals surface area contributed by atoms with Gasteiger partial charge < -0.3 is 0 Å². The molecule has 4 heteroatoms. The summed E-state index contributed by atoms with van der Waals surface area (Å²) in [5, 5.41) is 0. The van der Waals surface area contributed by atoms with Crippen LogP contribution in [-0.4, -0.2) is 18.7 Å². The summed E-state index contributed by atoms with van der Waals surface area (Å²) < 4.78 is 7.75. The van der Waals surface area contributed by atoms with E-state index in [0.717, 1.165) is 0 Å². The minimum absolute atomic E-state index is 0. The van der Waals surface area contributed by atoms with Gasteiger partial charge in [-0.2, -0.15) is 0 Å². The predicted molar refractivity (Wildman–Crippen MR) is 19.1 cm³/mol. The van der Waals surface area contributed by atoms with Crippen LogP contribution in [0.25, 0.3) is 0 Å². The van der Waals surface area contributed by atoms with E-state index in [9.17, 15) is 0 Å². The molecule has 0 aromatic heterocycles. The zero-order valence-electron chi connectivity index (χ0n) is 1.93. The average Bonchev–Trinajstić information content (AvgIpc) is 1.00. The molecule has 0 aliphatic heterocycles. The maximum atomic E-state index is 7.75. The Hall–Kier alpha value is 0.512. The van der Waals surface area contributed by atoms with Crippen molar-refractivity contribution in [1.29, 1.82) is 0 Å². The smallest absolute Gasteiger partial charge is 0 e. The van der Waals surface area contributed by atoms with Gasteiger partial charge in [-0.15, -0.1) is 0 Å². The summed E-state index contributed by atoms with van der Waals surface area (Å²) in [5.74, 6) is 0. The first-order valence-corrected chi connectivity index (χ1v) is 0.236. The fourth-order valence-corrected chi connectivity index (χ4v) is 0. The standard InChI is InChI=1S/BO.P.Si/c1-2;;. The summed E-state index contributed by atoms with van der Waals surface area (Å²) in [6.07, 6.45) is 0. The van der Waals surface area contributed by atoms with Gasteiger partial charge in [0.1, 0.15) is 0 Å². The third-order valence-corrected chi connectivity index (χ3v) is 0. The molecule has 0 amide bonds. The van der Waals surface area contributed by atoms with Crippen LogP contribution < -0.4 is 0 Å². The molecule has 1 nitrogen and oxygen atoms in total. The molecule has 18 valence electrons. The molecule has 4 heavy (non-hydrogen) atoms. The van der Waals surface area contributed by atoms with Crippen LogP contribution in [0, 0.1) is 0 Å². The monoisotopic (exact) mass is 86.0 g/mol. The Balaban J connectivity index is -0.00000000500.